The van der Waals surface area contributed by atoms with Gasteiger partial charge in [0.1, 0.15) is 10.6 Å². The maximum Gasteiger partial charge on any atom is 0.346 e. The maximum atomic E-state index is 11.1. The zero-order valence-corrected chi connectivity index (χ0v) is 16.8. The highest BCUT2D eigenvalue weighted by atomic mass is 32.1. The maximum absolute atomic E-state index is 11.1. The lowest BCUT2D eigenvalue weighted by Gasteiger charge is -2.08. The molecule has 0 aliphatic heterocycles. The number of phenolic OH excluding ortho intramolecular Hbond substituents is 1. The van der Waals surface area contributed by atoms with Crippen LogP contribution in [0.25, 0.3) is 0 Å². The number of nitrogens with two attached hydrogens (primary N) is 1. The summed E-state index contributed by atoms with van der Waals surface area (Å²) in [4.78, 5) is 12.9. The zero-order valence-electron chi connectivity index (χ0n) is 16.0. The summed E-state index contributed by atoms with van der Waals surface area (Å²) in [6.07, 6.45) is 0.985. The van der Waals surface area contributed by atoms with Gasteiger partial charge >= 0.3 is 5.97 Å². The van der Waals surface area contributed by atoms with Crippen molar-refractivity contribution in [2.24, 2.45) is 17.1 Å². The number of aromatic carboxylic acids is 1. The van der Waals surface area contributed by atoms with Gasteiger partial charge in [0.2, 0.25) is 0 Å². The van der Waals surface area contributed by atoms with E-state index in [4.69, 9.17) is 10.8 Å². The predicted molar refractivity (Wildman–Crippen MR) is 105 cm³/mol. The van der Waals surface area contributed by atoms with Gasteiger partial charge in [0.05, 0.1) is 0 Å². The lowest BCUT2D eigenvalue weighted by Crippen LogP contribution is -2.03. The normalized spacial score (nSPS) is 21.5. The molecule has 0 saturated heterocycles. The lowest BCUT2D eigenvalue weighted by atomic mass is 9.95. The van der Waals surface area contributed by atoms with Gasteiger partial charge in [0, 0.05) is 11.4 Å². The molecule has 1 heterocycles. The van der Waals surface area contributed by atoms with Crippen LogP contribution in [0.1, 0.15) is 62.1 Å². The molecule has 1 aromatic carbocycles. The van der Waals surface area contributed by atoms with Crippen molar-refractivity contribution in [3.8, 4) is 5.75 Å². The number of aryl methyl sites for hydroxylation is 3. The quantitative estimate of drug-likeness (QED) is 0.723. The number of rotatable bonds is 2. The standard InChI is InChI=1S/C12H14O2S.C9H13NO/c1-5-8-6(10(15-5)11(13)14)4-7-9(8)12(7,2)3;1-6-3-8(5-10)4-7(2)9(6)11/h7,9H,4H2,1-3H3,(H,13,14);3-4,11H,5,10H2,1-2H3/t7-,9-;/m1./s1. The van der Waals surface area contributed by atoms with Gasteiger partial charge in [0.25, 0.3) is 0 Å². The summed E-state index contributed by atoms with van der Waals surface area (Å²) in [6, 6.07) is 3.81. The van der Waals surface area contributed by atoms with Crippen LogP contribution in [0.2, 0.25) is 0 Å². The molecule has 0 amide bonds. The van der Waals surface area contributed by atoms with Crippen molar-refractivity contribution < 1.29 is 15.0 Å². The number of hydrogen-bond acceptors (Lipinski definition) is 4. The molecule has 26 heavy (non-hydrogen) atoms. The second-order valence-corrected chi connectivity index (χ2v) is 9.30. The SMILES string of the molecule is Cc1cc(CN)cc(C)c1O.Cc1sc(C(=O)O)c2c1[C@H]1[C@@H](C2)C1(C)C. The Morgan fingerprint density at radius 2 is 1.85 bits per heavy atom. The minimum absolute atomic E-state index is 0.377. The smallest absolute Gasteiger partial charge is 0.346 e. The molecular formula is C21H27NO3S. The van der Waals surface area contributed by atoms with Gasteiger partial charge in [-0.15, -0.1) is 11.3 Å². The number of fused-ring (bicyclic) bond motifs is 3. The van der Waals surface area contributed by atoms with Crippen LogP contribution in [0.3, 0.4) is 0 Å². The van der Waals surface area contributed by atoms with E-state index in [1.165, 1.54) is 21.8 Å². The van der Waals surface area contributed by atoms with E-state index in [0.29, 0.717) is 34.4 Å². The molecule has 2 aliphatic carbocycles. The second-order valence-electron chi connectivity index (χ2n) is 8.08. The molecule has 2 aliphatic rings. The fourth-order valence-electron chi connectivity index (χ4n) is 4.47. The summed E-state index contributed by atoms with van der Waals surface area (Å²) >= 11 is 1.46. The van der Waals surface area contributed by atoms with Crippen molar-refractivity contribution in [1.82, 2.24) is 0 Å². The Kier molecular flexibility index (Phi) is 4.65. The Bertz CT molecular complexity index is 859. The van der Waals surface area contributed by atoms with Crippen LogP contribution in [0.5, 0.6) is 5.75 Å². The number of carboxylic acids is 1. The molecule has 1 aromatic heterocycles. The first-order chi connectivity index (χ1) is 12.1. The molecule has 0 spiro atoms. The van der Waals surface area contributed by atoms with Gasteiger partial charge in [-0.1, -0.05) is 26.0 Å². The van der Waals surface area contributed by atoms with Crippen molar-refractivity contribution in [1.29, 1.82) is 0 Å². The van der Waals surface area contributed by atoms with Crippen LogP contribution in [-0.4, -0.2) is 16.2 Å². The minimum Gasteiger partial charge on any atom is -0.507 e. The van der Waals surface area contributed by atoms with Crippen molar-refractivity contribution >= 4 is 17.3 Å². The van der Waals surface area contributed by atoms with Crippen molar-refractivity contribution in [3.63, 3.8) is 0 Å². The van der Waals surface area contributed by atoms with Gasteiger partial charge in [-0.2, -0.15) is 0 Å². The average molecular weight is 374 g/mol. The van der Waals surface area contributed by atoms with Crippen molar-refractivity contribution in [2.45, 2.75) is 53.5 Å². The topological polar surface area (TPSA) is 83.5 Å². The highest BCUT2D eigenvalue weighted by molar-refractivity contribution is 7.14. The first-order valence-corrected chi connectivity index (χ1v) is 9.75. The molecule has 0 bridgehead atoms. The fourth-order valence-corrected chi connectivity index (χ4v) is 5.54. The monoisotopic (exact) mass is 373 g/mol. The van der Waals surface area contributed by atoms with E-state index in [-0.39, 0.29) is 0 Å². The van der Waals surface area contributed by atoms with E-state index in [1.807, 2.05) is 26.0 Å². The second kappa shape index (κ2) is 6.39. The first kappa shape index (κ1) is 18.9. The Morgan fingerprint density at radius 1 is 1.27 bits per heavy atom. The third kappa shape index (κ3) is 2.93. The lowest BCUT2D eigenvalue weighted by molar-refractivity contribution is 0.0701. The molecule has 140 valence electrons. The molecule has 1 fully saturated rings. The molecule has 4 rings (SSSR count). The van der Waals surface area contributed by atoms with Gasteiger partial charge in [-0.3, -0.25) is 0 Å². The first-order valence-electron chi connectivity index (χ1n) is 8.94. The minimum atomic E-state index is -0.747. The number of phenols is 1. The Morgan fingerprint density at radius 3 is 2.35 bits per heavy atom. The Hall–Kier alpha value is -1.85. The van der Waals surface area contributed by atoms with E-state index >= 15 is 0 Å². The molecule has 2 aromatic rings. The van der Waals surface area contributed by atoms with E-state index in [0.717, 1.165) is 28.7 Å². The number of carboxylic acid groups (broad SMARTS) is 1. The van der Waals surface area contributed by atoms with Gasteiger partial charge in [-0.05, 0) is 72.3 Å². The number of carbonyl (C=O) groups is 1. The summed E-state index contributed by atoms with van der Waals surface area (Å²) in [6.45, 7) is 10.9. The summed E-state index contributed by atoms with van der Waals surface area (Å²) in [5, 5.41) is 18.5. The predicted octanol–water partition coefficient (Wildman–Crippen LogP) is 4.52. The molecule has 4 N–H and O–H groups in total. The third-order valence-electron chi connectivity index (χ3n) is 6.00. The highest BCUT2D eigenvalue weighted by Gasteiger charge is 2.63. The van der Waals surface area contributed by atoms with E-state index in [2.05, 4.69) is 20.8 Å². The van der Waals surface area contributed by atoms with Crippen LogP contribution in [0.4, 0.5) is 0 Å². The van der Waals surface area contributed by atoms with Crippen LogP contribution >= 0.6 is 11.3 Å². The average Bonchev–Trinajstić information content (AvgIpc) is 2.93. The number of benzene rings is 1. The Balaban J connectivity index is 0.000000160. The van der Waals surface area contributed by atoms with Crippen LogP contribution in [0.15, 0.2) is 12.1 Å². The molecule has 1 saturated carbocycles. The van der Waals surface area contributed by atoms with Gasteiger partial charge < -0.3 is 15.9 Å². The molecule has 2 atom stereocenters. The molecule has 0 radical (unpaired) electrons. The fraction of sp³-hybridized carbons (Fsp3) is 0.476. The number of thiophene rings is 1. The third-order valence-corrected chi connectivity index (χ3v) is 7.15. The van der Waals surface area contributed by atoms with E-state index in [1.54, 1.807) is 0 Å². The molecule has 0 unspecified atom stereocenters. The molecular weight excluding hydrogens is 346 g/mol. The van der Waals surface area contributed by atoms with Crippen molar-refractivity contribution in [3.05, 3.63) is 49.7 Å². The number of aromatic hydroxyl groups is 1. The number of hydrogen-bond donors (Lipinski definition) is 3. The van der Waals surface area contributed by atoms with Gasteiger partial charge in [0.15, 0.2) is 0 Å². The van der Waals surface area contributed by atoms with Crippen LogP contribution < -0.4 is 5.73 Å². The zero-order chi connectivity index (χ0) is 19.4. The summed E-state index contributed by atoms with van der Waals surface area (Å²) in [5.74, 6) is 0.968. The summed E-state index contributed by atoms with van der Waals surface area (Å²) < 4.78 is 0. The highest BCUT2D eigenvalue weighted by Crippen LogP contribution is 2.71. The van der Waals surface area contributed by atoms with Crippen molar-refractivity contribution in [2.75, 3.05) is 0 Å². The largest absolute Gasteiger partial charge is 0.507 e. The summed E-state index contributed by atoms with van der Waals surface area (Å²) in [7, 11) is 0. The Labute approximate surface area is 158 Å². The van der Waals surface area contributed by atoms with Gasteiger partial charge in [-0.25, -0.2) is 4.79 Å². The molecule has 5 heteroatoms. The van der Waals surface area contributed by atoms with E-state index in [9.17, 15) is 9.90 Å². The van der Waals surface area contributed by atoms with Crippen LogP contribution in [-0.2, 0) is 13.0 Å². The van der Waals surface area contributed by atoms with Crippen LogP contribution in [0, 0.1) is 32.1 Å². The molecule has 4 nitrogen and oxygen atoms in total. The van der Waals surface area contributed by atoms with E-state index < -0.39 is 5.97 Å². The summed E-state index contributed by atoms with van der Waals surface area (Å²) in [5.41, 5.74) is 11.2.